The van der Waals surface area contributed by atoms with Crippen LogP contribution in [-0.4, -0.2) is 15.0 Å². The highest BCUT2D eigenvalue weighted by Crippen LogP contribution is 1.81. The molecular formula is C7H15N3. The summed E-state index contributed by atoms with van der Waals surface area (Å²) >= 11 is 0. The lowest BCUT2D eigenvalue weighted by Crippen LogP contribution is -1.85. The Morgan fingerprint density at radius 1 is 1.30 bits per heavy atom. The van der Waals surface area contributed by atoms with Gasteiger partial charge in [-0.15, -0.1) is 5.10 Å². The lowest BCUT2D eigenvalue weighted by Gasteiger charge is -1.79. The molecule has 0 aliphatic carbocycles. The average molecular weight is 141 g/mol. The zero-order valence-corrected chi connectivity index (χ0v) is 7.07. The van der Waals surface area contributed by atoms with Crippen molar-refractivity contribution < 1.29 is 0 Å². The van der Waals surface area contributed by atoms with Crippen molar-refractivity contribution in [1.82, 2.24) is 15.0 Å². The van der Waals surface area contributed by atoms with Crippen LogP contribution in [0.3, 0.4) is 0 Å². The fraction of sp³-hybridized carbons (Fsp3) is 0.714. The summed E-state index contributed by atoms with van der Waals surface area (Å²) in [6, 6.07) is 0. The lowest BCUT2D eigenvalue weighted by atomic mass is 10.3. The molecule has 0 amide bonds. The normalized spacial score (nSPS) is 8.90. The molecule has 3 nitrogen and oxygen atoms in total. The van der Waals surface area contributed by atoms with Crippen LogP contribution in [0, 0.1) is 5.92 Å². The summed E-state index contributed by atoms with van der Waals surface area (Å²) in [5.41, 5.74) is 0. The Balaban J connectivity index is 0.000000180. The first-order valence-electron chi connectivity index (χ1n) is 3.43. The number of aromatic nitrogens is 3. The van der Waals surface area contributed by atoms with Crippen molar-refractivity contribution in [2.45, 2.75) is 20.8 Å². The fourth-order valence-corrected chi connectivity index (χ4v) is 0.267. The maximum absolute atomic E-state index is 3.58. The number of aryl methyl sites for hydroxylation is 1. The second kappa shape index (κ2) is 4.97. The Hall–Kier alpha value is -0.860. The third-order valence-electron chi connectivity index (χ3n) is 0.542. The Morgan fingerprint density at radius 2 is 1.80 bits per heavy atom. The van der Waals surface area contributed by atoms with Gasteiger partial charge in [0.1, 0.15) is 0 Å². The Labute approximate surface area is 62.1 Å². The van der Waals surface area contributed by atoms with E-state index in [-0.39, 0.29) is 0 Å². The summed E-state index contributed by atoms with van der Waals surface area (Å²) in [6.07, 6.45) is 3.42. The van der Waals surface area contributed by atoms with Gasteiger partial charge in [0.05, 0.1) is 6.20 Å². The van der Waals surface area contributed by atoms with E-state index < -0.39 is 0 Å². The van der Waals surface area contributed by atoms with Gasteiger partial charge in [-0.2, -0.15) is 0 Å². The zero-order chi connectivity index (χ0) is 7.98. The summed E-state index contributed by atoms with van der Waals surface area (Å²) in [5, 5.41) is 7.12. The van der Waals surface area contributed by atoms with Crippen LogP contribution in [-0.2, 0) is 7.05 Å². The fourth-order valence-electron chi connectivity index (χ4n) is 0.267. The van der Waals surface area contributed by atoms with E-state index in [0.717, 1.165) is 5.92 Å². The quantitative estimate of drug-likeness (QED) is 0.548. The zero-order valence-electron chi connectivity index (χ0n) is 7.07. The Morgan fingerprint density at radius 3 is 1.90 bits per heavy atom. The van der Waals surface area contributed by atoms with Crippen LogP contribution in [0.4, 0.5) is 0 Å². The van der Waals surface area contributed by atoms with Gasteiger partial charge in [-0.3, -0.25) is 4.68 Å². The molecule has 1 aromatic heterocycles. The van der Waals surface area contributed by atoms with Crippen LogP contribution in [0.2, 0.25) is 0 Å². The highest BCUT2D eigenvalue weighted by Gasteiger charge is 1.71. The van der Waals surface area contributed by atoms with Crippen molar-refractivity contribution in [2.75, 3.05) is 0 Å². The van der Waals surface area contributed by atoms with Crippen molar-refractivity contribution in [3.63, 3.8) is 0 Å². The minimum atomic E-state index is 0.833. The van der Waals surface area contributed by atoms with E-state index in [2.05, 4.69) is 31.1 Å². The van der Waals surface area contributed by atoms with Crippen molar-refractivity contribution >= 4 is 0 Å². The first-order chi connectivity index (χ1) is 4.63. The smallest absolute Gasteiger partial charge is 0.0692 e. The number of hydrogen-bond acceptors (Lipinski definition) is 2. The number of rotatable bonds is 0. The van der Waals surface area contributed by atoms with Crippen molar-refractivity contribution in [3.8, 4) is 0 Å². The van der Waals surface area contributed by atoms with Crippen molar-refractivity contribution in [1.29, 1.82) is 0 Å². The van der Waals surface area contributed by atoms with Gasteiger partial charge in [0, 0.05) is 13.2 Å². The molecule has 1 aromatic rings. The summed E-state index contributed by atoms with van der Waals surface area (Å²) in [7, 11) is 1.83. The summed E-state index contributed by atoms with van der Waals surface area (Å²) < 4.78 is 1.64. The van der Waals surface area contributed by atoms with Crippen molar-refractivity contribution in [3.05, 3.63) is 12.4 Å². The molecule has 0 saturated heterocycles. The minimum Gasteiger partial charge on any atom is -0.256 e. The van der Waals surface area contributed by atoms with E-state index in [9.17, 15) is 0 Å². The highest BCUT2D eigenvalue weighted by molar-refractivity contribution is 4.59. The van der Waals surface area contributed by atoms with Crippen LogP contribution >= 0.6 is 0 Å². The maximum atomic E-state index is 3.58. The molecule has 0 aromatic carbocycles. The molecule has 0 unspecified atom stereocenters. The second-order valence-electron chi connectivity index (χ2n) is 2.81. The van der Waals surface area contributed by atoms with E-state index in [1.54, 1.807) is 17.1 Å². The van der Waals surface area contributed by atoms with Gasteiger partial charge < -0.3 is 0 Å². The predicted molar refractivity (Wildman–Crippen MR) is 41.5 cm³/mol. The first kappa shape index (κ1) is 9.14. The van der Waals surface area contributed by atoms with Crippen LogP contribution in [0.15, 0.2) is 12.4 Å². The van der Waals surface area contributed by atoms with Gasteiger partial charge in [-0.25, -0.2) is 0 Å². The monoisotopic (exact) mass is 141 g/mol. The van der Waals surface area contributed by atoms with E-state index in [1.807, 2.05) is 7.05 Å². The van der Waals surface area contributed by atoms with E-state index in [4.69, 9.17) is 0 Å². The van der Waals surface area contributed by atoms with Crippen molar-refractivity contribution in [2.24, 2.45) is 13.0 Å². The largest absolute Gasteiger partial charge is 0.256 e. The summed E-state index contributed by atoms with van der Waals surface area (Å²) in [5.74, 6) is 0.833. The van der Waals surface area contributed by atoms with Crippen LogP contribution < -0.4 is 0 Å². The average Bonchev–Trinajstić information content (AvgIpc) is 2.15. The summed E-state index contributed by atoms with van der Waals surface area (Å²) in [6.45, 7) is 6.50. The molecular weight excluding hydrogens is 126 g/mol. The molecule has 0 atom stereocenters. The molecule has 0 aliphatic rings. The van der Waals surface area contributed by atoms with Gasteiger partial charge in [0.2, 0.25) is 0 Å². The maximum Gasteiger partial charge on any atom is 0.0692 e. The number of nitrogens with zero attached hydrogens (tertiary/aromatic N) is 3. The van der Waals surface area contributed by atoms with E-state index in [0.29, 0.717) is 0 Å². The van der Waals surface area contributed by atoms with Gasteiger partial charge in [-0.05, 0) is 5.92 Å². The number of hydrogen-bond donors (Lipinski definition) is 0. The molecule has 0 bridgehead atoms. The summed E-state index contributed by atoms with van der Waals surface area (Å²) in [4.78, 5) is 0. The molecule has 0 N–H and O–H groups in total. The van der Waals surface area contributed by atoms with Gasteiger partial charge in [0.15, 0.2) is 0 Å². The molecule has 3 heteroatoms. The van der Waals surface area contributed by atoms with Crippen LogP contribution in [0.5, 0.6) is 0 Å². The third kappa shape index (κ3) is 7.14. The Kier molecular flexibility index (Phi) is 4.54. The van der Waals surface area contributed by atoms with Gasteiger partial charge >= 0.3 is 0 Å². The standard InChI is InChI=1S/C4H10.C3H5N3/c1-4(2)3;1-6-3-2-4-5-6/h4H,1-3H3;2-3H,1H3. The molecule has 1 rings (SSSR count). The lowest BCUT2D eigenvalue weighted by molar-refractivity contribution is 0.715. The molecule has 10 heavy (non-hydrogen) atoms. The third-order valence-corrected chi connectivity index (χ3v) is 0.542. The molecule has 0 fully saturated rings. The highest BCUT2D eigenvalue weighted by atomic mass is 15.4. The van der Waals surface area contributed by atoms with Gasteiger partial charge in [-0.1, -0.05) is 26.0 Å². The Bertz CT molecular complexity index is 141. The second-order valence-corrected chi connectivity index (χ2v) is 2.81. The molecule has 1 heterocycles. The van der Waals surface area contributed by atoms with E-state index >= 15 is 0 Å². The topological polar surface area (TPSA) is 30.7 Å². The molecule has 58 valence electrons. The molecule has 0 saturated carbocycles. The molecule has 0 radical (unpaired) electrons. The minimum absolute atomic E-state index is 0.833. The van der Waals surface area contributed by atoms with Gasteiger partial charge in [0.25, 0.3) is 0 Å². The molecule has 0 aliphatic heterocycles. The van der Waals surface area contributed by atoms with Crippen LogP contribution in [0.25, 0.3) is 0 Å². The van der Waals surface area contributed by atoms with E-state index in [1.165, 1.54) is 0 Å². The molecule has 0 spiro atoms. The van der Waals surface area contributed by atoms with Crippen LogP contribution in [0.1, 0.15) is 20.8 Å². The SMILES string of the molecule is CC(C)C.Cn1ccnn1. The predicted octanol–water partition coefficient (Wildman–Crippen LogP) is 1.48. The first-order valence-corrected chi connectivity index (χ1v) is 3.43.